The van der Waals surface area contributed by atoms with Gasteiger partial charge in [-0.15, -0.1) is 11.3 Å². The number of amides is 1. The van der Waals surface area contributed by atoms with Gasteiger partial charge in [0.25, 0.3) is 0 Å². The van der Waals surface area contributed by atoms with Crippen LogP contribution in [0.25, 0.3) is 33.4 Å². The van der Waals surface area contributed by atoms with Crippen molar-refractivity contribution in [3.05, 3.63) is 70.4 Å². The van der Waals surface area contributed by atoms with Crippen molar-refractivity contribution < 1.29 is 9.53 Å². The lowest BCUT2D eigenvalue weighted by molar-refractivity contribution is -0.110. The van der Waals surface area contributed by atoms with E-state index in [1.54, 1.807) is 18.4 Å². The molecule has 0 spiro atoms. The molecule has 1 amide bonds. The summed E-state index contributed by atoms with van der Waals surface area (Å²) in [5, 5.41) is 9.37. The first-order valence-electron chi connectivity index (χ1n) is 15.3. The number of ether oxygens (including phenoxy) is 1. The Hall–Kier alpha value is -3.53. The Balaban J connectivity index is 1.53. The average molecular weight is 601 g/mol. The van der Waals surface area contributed by atoms with E-state index in [0.29, 0.717) is 12.3 Å². The minimum atomic E-state index is -0.216. The second-order valence-electron chi connectivity index (χ2n) is 11.6. The van der Waals surface area contributed by atoms with Gasteiger partial charge in [-0.1, -0.05) is 26.5 Å². The maximum atomic E-state index is 11.5. The van der Waals surface area contributed by atoms with Gasteiger partial charge in [-0.3, -0.25) is 9.78 Å². The number of aromatic nitrogens is 3. The number of methoxy groups -OCH3 is 1. The molecule has 3 aromatic heterocycles. The highest BCUT2D eigenvalue weighted by molar-refractivity contribution is 7.10. The zero-order valence-electron chi connectivity index (χ0n) is 26.0. The molecule has 0 saturated carbocycles. The molecule has 1 aromatic carbocycles. The summed E-state index contributed by atoms with van der Waals surface area (Å²) >= 11 is 1.63. The molecule has 1 aliphatic rings. The van der Waals surface area contributed by atoms with Crippen molar-refractivity contribution >= 4 is 28.6 Å². The number of pyridine rings is 1. The molecule has 0 aliphatic carbocycles. The van der Waals surface area contributed by atoms with Gasteiger partial charge in [0.1, 0.15) is 0 Å². The van der Waals surface area contributed by atoms with Crippen LogP contribution in [-0.4, -0.2) is 52.2 Å². The Morgan fingerprint density at radius 2 is 2.07 bits per heavy atom. The summed E-state index contributed by atoms with van der Waals surface area (Å²) in [5.41, 5.74) is 12.2. The lowest BCUT2D eigenvalue weighted by Gasteiger charge is -2.34. The van der Waals surface area contributed by atoms with E-state index < -0.39 is 0 Å². The van der Waals surface area contributed by atoms with Crippen LogP contribution < -0.4 is 10.7 Å². The number of rotatable bonds is 13. The molecule has 4 aromatic rings. The minimum absolute atomic E-state index is 0.116. The maximum Gasteiger partial charge on any atom is 0.207 e. The largest absolute Gasteiger partial charge is 0.375 e. The van der Waals surface area contributed by atoms with Gasteiger partial charge in [0.15, 0.2) is 0 Å². The van der Waals surface area contributed by atoms with Crippen LogP contribution in [0.5, 0.6) is 0 Å². The van der Waals surface area contributed by atoms with Crippen LogP contribution >= 0.6 is 11.3 Å². The lowest BCUT2D eigenvalue weighted by Crippen LogP contribution is -2.48. The summed E-state index contributed by atoms with van der Waals surface area (Å²) in [4.78, 5) is 21.2. The Kier molecular flexibility index (Phi) is 9.95. The van der Waals surface area contributed by atoms with E-state index in [2.05, 4.69) is 84.2 Å². The van der Waals surface area contributed by atoms with Crippen LogP contribution in [0.1, 0.15) is 62.9 Å². The van der Waals surface area contributed by atoms with E-state index in [-0.39, 0.29) is 12.1 Å². The van der Waals surface area contributed by atoms with E-state index in [0.717, 1.165) is 78.5 Å². The third kappa shape index (κ3) is 6.54. The number of nitrogens with zero attached hydrogens (tertiary/aromatic N) is 4. The highest BCUT2D eigenvalue weighted by Gasteiger charge is 2.25. The topological polar surface area (TPSA) is 84.3 Å². The van der Waals surface area contributed by atoms with E-state index in [1.807, 2.05) is 12.3 Å². The van der Waals surface area contributed by atoms with Crippen LogP contribution in [0.4, 0.5) is 0 Å². The van der Waals surface area contributed by atoms with E-state index in [9.17, 15) is 4.79 Å². The fraction of sp³-hybridized carbons (Fsp3) is 0.441. The number of hydrogen-bond donors (Lipinski definition) is 2. The molecule has 0 bridgehead atoms. The number of fused-ring (bicyclic) bond motifs is 1. The molecule has 1 saturated heterocycles. The third-order valence-electron chi connectivity index (χ3n) is 8.28. The Labute approximate surface area is 259 Å². The normalized spacial score (nSPS) is 15.2. The van der Waals surface area contributed by atoms with E-state index in [4.69, 9.17) is 14.7 Å². The molecule has 1 fully saturated rings. The van der Waals surface area contributed by atoms with Crippen molar-refractivity contribution in [2.45, 2.75) is 72.1 Å². The molecule has 2 N–H and O–H groups in total. The maximum absolute atomic E-state index is 11.5. The highest BCUT2D eigenvalue weighted by Crippen LogP contribution is 2.40. The number of carbonyl (C=O) groups excluding carboxylic acids is 1. The van der Waals surface area contributed by atoms with Gasteiger partial charge in [0.2, 0.25) is 6.41 Å². The summed E-state index contributed by atoms with van der Waals surface area (Å²) in [5.74, 6) is 0.480. The molecule has 228 valence electrons. The van der Waals surface area contributed by atoms with Gasteiger partial charge < -0.3 is 19.6 Å². The molecule has 1 aliphatic heterocycles. The second kappa shape index (κ2) is 13.8. The lowest BCUT2D eigenvalue weighted by atomic mass is 9.94. The number of nitrogens with one attached hydrogen (secondary N) is 2. The standard InChI is InChI=1S/C34H44N6O2S/c1-7-39-31-13-12-25(30-20-43-32(38-30)19-29(36-21-41)23(4)40-16-9-8-15-37-40)18-27(31)28(17-22(2)3)34(39)26-11-10-14-35-33(26)24(5)42-6/h10-14,18,20-22,24,29,37H,4,7-9,15-17,19H2,1-3,5-6H3,(H,36,41). The summed E-state index contributed by atoms with van der Waals surface area (Å²) < 4.78 is 8.14. The van der Waals surface area contributed by atoms with Gasteiger partial charge in [0, 0.05) is 72.5 Å². The Morgan fingerprint density at radius 1 is 1.23 bits per heavy atom. The summed E-state index contributed by atoms with van der Waals surface area (Å²) in [6, 6.07) is 10.7. The van der Waals surface area contributed by atoms with Crippen LogP contribution in [0.15, 0.2) is 54.2 Å². The first kappa shape index (κ1) is 30.9. The van der Waals surface area contributed by atoms with Gasteiger partial charge in [-0.25, -0.2) is 10.4 Å². The van der Waals surface area contributed by atoms with Crippen molar-refractivity contribution in [1.29, 1.82) is 0 Å². The molecule has 43 heavy (non-hydrogen) atoms. The van der Waals surface area contributed by atoms with Crippen molar-refractivity contribution in [2.75, 3.05) is 20.2 Å². The number of thiazole rings is 1. The first-order chi connectivity index (χ1) is 20.9. The summed E-state index contributed by atoms with van der Waals surface area (Å²) in [7, 11) is 1.74. The van der Waals surface area contributed by atoms with Gasteiger partial charge in [-0.05, 0) is 68.9 Å². The zero-order chi connectivity index (χ0) is 30.5. The van der Waals surface area contributed by atoms with Crippen molar-refractivity contribution in [3.63, 3.8) is 0 Å². The number of hydrazine groups is 1. The van der Waals surface area contributed by atoms with Crippen LogP contribution in [0.2, 0.25) is 0 Å². The molecule has 2 atom stereocenters. The Bertz CT molecular complexity index is 1570. The van der Waals surface area contributed by atoms with Crippen LogP contribution in [0, 0.1) is 5.92 Å². The summed E-state index contributed by atoms with van der Waals surface area (Å²) in [6.07, 6.45) is 6.29. The summed E-state index contributed by atoms with van der Waals surface area (Å²) in [6.45, 7) is 15.8. The van der Waals surface area contributed by atoms with Gasteiger partial charge in [0.05, 0.1) is 34.2 Å². The smallest absolute Gasteiger partial charge is 0.207 e. The average Bonchev–Trinajstić information content (AvgIpc) is 3.62. The van der Waals surface area contributed by atoms with Crippen molar-refractivity contribution in [1.82, 2.24) is 30.3 Å². The molecule has 9 heteroatoms. The SMILES string of the molecule is C=C(C(Cc1nc(-c2ccc3c(c2)c(CC(C)C)c(-c2cccnc2C(C)OC)n3CC)cs1)NC=O)N1CCCCN1. The Morgan fingerprint density at radius 3 is 2.77 bits per heavy atom. The molecular weight excluding hydrogens is 556 g/mol. The first-order valence-corrected chi connectivity index (χ1v) is 16.2. The zero-order valence-corrected chi connectivity index (χ0v) is 26.8. The molecule has 4 heterocycles. The predicted octanol–water partition coefficient (Wildman–Crippen LogP) is 6.52. The number of hydrogen-bond acceptors (Lipinski definition) is 7. The van der Waals surface area contributed by atoms with Crippen LogP contribution in [-0.2, 0) is 28.9 Å². The van der Waals surface area contributed by atoms with E-state index in [1.165, 1.54) is 22.2 Å². The number of aryl methyl sites for hydroxylation is 1. The molecule has 5 rings (SSSR count). The van der Waals surface area contributed by atoms with Gasteiger partial charge in [-0.2, -0.15) is 0 Å². The minimum Gasteiger partial charge on any atom is -0.375 e. The monoisotopic (exact) mass is 600 g/mol. The molecule has 0 radical (unpaired) electrons. The highest BCUT2D eigenvalue weighted by atomic mass is 32.1. The number of benzene rings is 1. The van der Waals surface area contributed by atoms with Crippen molar-refractivity contribution in [3.8, 4) is 22.5 Å². The van der Waals surface area contributed by atoms with Gasteiger partial charge >= 0.3 is 0 Å². The second-order valence-corrected chi connectivity index (χ2v) is 12.6. The van der Waals surface area contributed by atoms with Crippen molar-refractivity contribution in [2.24, 2.45) is 5.92 Å². The molecular formula is C34H44N6O2S. The molecule has 8 nitrogen and oxygen atoms in total. The molecule has 2 unspecified atom stereocenters. The quantitative estimate of drug-likeness (QED) is 0.170. The number of carbonyl (C=O) groups is 1. The third-order valence-corrected chi connectivity index (χ3v) is 9.16. The fourth-order valence-electron chi connectivity index (χ4n) is 6.08. The van der Waals surface area contributed by atoms with E-state index >= 15 is 0 Å². The van der Waals surface area contributed by atoms with Crippen LogP contribution in [0.3, 0.4) is 0 Å². The fourth-order valence-corrected chi connectivity index (χ4v) is 6.93. The predicted molar refractivity (Wildman–Crippen MR) is 176 cm³/mol.